The lowest BCUT2D eigenvalue weighted by Gasteiger charge is -2.12. The van der Waals surface area contributed by atoms with Gasteiger partial charge in [-0.2, -0.15) is 0 Å². The van der Waals surface area contributed by atoms with Crippen molar-refractivity contribution in [1.82, 2.24) is 0 Å². The Kier molecular flexibility index (Phi) is 4.82. The maximum Gasteiger partial charge on any atom is 0.228 e. The Hall–Kier alpha value is -2.49. The van der Waals surface area contributed by atoms with E-state index < -0.39 is 0 Å². The number of anilines is 2. The highest BCUT2D eigenvalue weighted by atomic mass is 16.5. The van der Waals surface area contributed by atoms with E-state index in [4.69, 9.17) is 10.5 Å². The highest BCUT2D eigenvalue weighted by molar-refractivity contribution is 5.93. The SMILES string of the molecule is CCOc1ccc(C)cc1NC(=O)Cc1ccc(N)cc1. The minimum atomic E-state index is -0.0775. The second kappa shape index (κ2) is 6.79. The number of benzene rings is 2. The lowest BCUT2D eigenvalue weighted by Crippen LogP contribution is -2.15. The zero-order valence-corrected chi connectivity index (χ0v) is 12.3. The van der Waals surface area contributed by atoms with E-state index in [0.29, 0.717) is 30.2 Å². The minimum Gasteiger partial charge on any atom is -0.492 e. The molecule has 0 aliphatic heterocycles. The van der Waals surface area contributed by atoms with Crippen LogP contribution >= 0.6 is 0 Å². The second-order valence-electron chi connectivity index (χ2n) is 4.90. The summed E-state index contributed by atoms with van der Waals surface area (Å²) in [6, 6.07) is 13.0. The number of carbonyl (C=O) groups is 1. The van der Waals surface area contributed by atoms with E-state index >= 15 is 0 Å². The highest BCUT2D eigenvalue weighted by Gasteiger charge is 2.09. The van der Waals surface area contributed by atoms with Gasteiger partial charge in [-0.15, -0.1) is 0 Å². The van der Waals surface area contributed by atoms with Crippen LogP contribution < -0.4 is 15.8 Å². The Bertz CT molecular complexity index is 621. The van der Waals surface area contributed by atoms with Crippen LogP contribution in [0.1, 0.15) is 18.1 Å². The van der Waals surface area contributed by atoms with E-state index in [1.54, 1.807) is 12.1 Å². The van der Waals surface area contributed by atoms with Crippen molar-refractivity contribution in [2.24, 2.45) is 0 Å². The molecule has 2 aromatic carbocycles. The number of rotatable bonds is 5. The first kappa shape index (κ1) is 14.9. The van der Waals surface area contributed by atoms with Crippen LogP contribution in [0, 0.1) is 6.92 Å². The molecule has 4 nitrogen and oxygen atoms in total. The molecule has 0 radical (unpaired) electrons. The number of nitrogens with one attached hydrogen (secondary N) is 1. The maximum absolute atomic E-state index is 12.1. The van der Waals surface area contributed by atoms with Crippen LogP contribution in [0.3, 0.4) is 0 Å². The maximum atomic E-state index is 12.1. The van der Waals surface area contributed by atoms with Gasteiger partial charge in [0.05, 0.1) is 18.7 Å². The summed E-state index contributed by atoms with van der Waals surface area (Å²) in [5.41, 5.74) is 9.02. The van der Waals surface area contributed by atoms with Gasteiger partial charge in [-0.25, -0.2) is 0 Å². The topological polar surface area (TPSA) is 64.3 Å². The summed E-state index contributed by atoms with van der Waals surface area (Å²) in [5, 5.41) is 2.90. The molecule has 0 bridgehead atoms. The van der Waals surface area contributed by atoms with Gasteiger partial charge < -0.3 is 15.8 Å². The van der Waals surface area contributed by atoms with Crippen molar-refractivity contribution in [3.63, 3.8) is 0 Å². The summed E-state index contributed by atoms with van der Waals surface area (Å²) in [5.74, 6) is 0.611. The van der Waals surface area contributed by atoms with E-state index in [-0.39, 0.29) is 5.91 Å². The molecule has 2 rings (SSSR count). The van der Waals surface area contributed by atoms with Gasteiger partial charge in [-0.3, -0.25) is 4.79 Å². The molecule has 0 spiro atoms. The normalized spacial score (nSPS) is 10.2. The molecule has 21 heavy (non-hydrogen) atoms. The van der Waals surface area contributed by atoms with Crippen molar-refractivity contribution in [3.8, 4) is 5.75 Å². The van der Waals surface area contributed by atoms with Gasteiger partial charge in [0.15, 0.2) is 0 Å². The summed E-state index contributed by atoms with van der Waals surface area (Å²) >= 11 is 0. The first-order valence-corrected chi connectivity index (χ1v) is 6.96. The van der Waals surface area contributed by atoms with Gasteiger partial charge in [-0.05, 0) is 49.2 Å². The van der Waals surface area contributed by atoms with Crippen LogP contribution in [0.2, 0.25) is 0 Å². The zero-order chi connectivity index (χ0) is 15.2. The Morgan fingerprint density at radius 1 is 1.19 bits per heavy atom. The number of hydrogen-bond acceptors (Lipinski definition) is 3. The third-order valence-electron chi connectivity index (χ3n) is 3.05. The first-order valence-electron chi connectivity index (χ1n) is 6.96. The van der Waals surface area contributed by atoms with E-state index in [2.05, 4.69) is 5.32 Å². The van der Waals surface area contributed by atoms with Crippen molar-refractivity contribution >= 4 is 17.3 Å². The lowest BCUT2D eigenvalue weighted by molar-refractivity contribution is -0.115. The van der Waals surface area contributed by atoms with Crippen molar-refractivity contribution < 1.29 is 9.53 Å². The third kappa shape index (κ3) is 4.24. The fourth-order valence-electron chi connectivity index (χ4n) is 2.04. The quantitative estimate of drug-likeness (QED) is 0.829. The molecule has 0 aliphatic carbocycles. The molecule has 0 atom stereocenters. The molecule has 0 aliphatic rings. The molecular formula is C17H20N2O2. The fraction of sp³-hybridized carbons (Fsp3) is 0.235. The highest BCUT2D eigenvalue weighted by Crippen LogP contribution is 2.25. The van der Waals surface area contributed by atoms with Crippen LogP contribution in [0.15, 0.2) is 42.5 Å². The summed E-state index contributed by atoms with van der Waals surface area (Å²) < 4.78 is 5.53. The van der Waals surface area contributed by atoms with Crippen molar-refractivity contribution in [1.29, 1.82) is 0 Å². The monoisotopic (exact) mass is 284 g/mol. The molecule has 0 heterocycles. The summed E-state index contributed by atoms with van der Waals surface area (Å²) in [6.07, 6.45) is 0.305. The summed E-state index contributed by atoms with van der Waals surface area (Å²) in [6.45, 7) is 4.45. The van der Waals surface area contributed by atoms with Crippen LogP contribution in [0.5, 0.6) is 5.75 Å². The van der Waals surface area contributed by atoms with Crippen molar-refractivity contribution in [3.05, 3.63) is 53.6 Å². The van der Waals surface area contributed by atoms with Crippen LogP contribution in [0.4, 0.5) is 11.4 Å². The molecule has 4 heteroatoms. The number of carbonyl (C=O) groups excluding carboxylic acids is 1. The van der Waals surface area contributed by atoms with Crippen molar-refractivity contribution in [2.75, 3.05) is 17.7 Å². The molecule has 1 amide bonds. The number of aryl methyl sites for hydroxylation is 1. The number of nitrogens with two attached hydrogens (primary N) is 1. The number of nitrogen functional groups attached to an aromatic ring is 1. The molecule has 0 fully saturated rings. The molecule has 3 N–H and O–H groups in total. The standard InChI is InChI=1S/C17H20N2O2/c1-3-21-16-9-4-12(2)10-15(16)19-17(20)11-13-5-7-14(18)8-6-13/h4-10H,3,11,18H2,1-2H3,(H,19,20). The largest absolute Gasteiger partial charge is 0.492 e. The van der Waals surface area contributed by atoms with Gasteiger partial charge in [0, 0.05) is 5.69 Å². The Morgan fingerprint density at radius 2 is 1.90 bits per heavy atom. The zero-order valence-electron chi connectivity index (χ0n) is 12.3. The summed E-state index contributed by atoms with van der Waals surface area (Å²) in [7, 11) is 0. The van der Waals surface area contributed by atoms with Gasteiger partial charge in [-0.1, -0.05) is 18.2 Å². The Labute approximate surface area is 124 Å². The minimum absolute atomic E-state index is 0.0775. The average Bonchev–Trinajstić information content (AvgIpc) is 2.44. The molecule has 110 valence electrons. The van der Waals surface area contributed by atoms with E-state index in [1.165, 1.54) is 0 Å². The van der Waals surface area contributed by atoms with Crippen LogP contribution in [0.25, 0.3) is 0 Å². The van der Waals surface area contributed by atoms with E-state index in [1.807, 2.05) is 44.2 Å². The van der Waals surface area contributed by atoms with E-state index in [0.717, 1.165) is 11.1 Å². The predicted octanol–water partition coefficient (Wildman–Crippen LogP) is 3.16. The van der Waals surface area contributed by atoms with Crippen LogP contribution in [-0.4, -0.2) is 12.5 Å². The number of ether oxygens (including phenoxy) is 1. The molecule has 0 aromatic heterocycles. The molecule has 0 saturated heterocycles. The van der Waals surface area contributed by atoms with Gasteiger partial charge in [0.25, 0.3) is 0 Å². The Balaban J connectivity index is 2.08. The molecule has 0 unspecified atom stereocenters. The fourth-order valence-corrected chi connectivity index (χ4v) is 2.04. The van der Waals surface area contributed by atoms with Crippen LogP contribution in [-0.2, 0) is 11.2 Å². The van der Waals surface area contributed by atoms with Gasteiger partial charge in [0.1, 0.15) is 5.75 Å². The molecule has 0 saturated carbocycles. The first-order chi connectivity index (χ1) is 10.1. The smallest absolute Gasteiger partial charge is 0.228 e. The van der Waals surface area contributed by atoms with Gasteiger partial charge >= 0.3 is 0 Å². The molecular weight excluding hydrogens is 264 g/mol. The lowest BCUT2D eigenvalue weighted by atomic mass is 10.1. The predicted molar refractivity (Wildman–Crippen MR) is 85.5 cm³/mol. The Morgan fingerprint density at radius 3 is 2.57 bits per heavy atom. The second-order valence-corrected chi connectivity index (χ2v) is 4.90. The van der Waals surface area contributed by atoms with Crippen molar-refractivity contribution in [2.45, 2.75) is 20.3 Å². The third-order valence-corrected chi connectivity index (χ3v) is 3.05. The molecule has 2 aromatic rings. The number of amides is 1. The average molecular weight is 284 g/mol. The van der Waals surface area contributed by atoms with Gasteiger partial charge in [0.2, 0.25) is 5.91 Å². The summed E-state index contributed by atoms with van der Waals surface area (Å²) in [4.78, 5) is 12.1. The van der Waals surface area contributed by atoms with E-state index in [9.17, 15) is 4.79 Å². The number of hydrogen-bond donors (Lipinski definition) is 2.